The summed E-state index contributed by atoms with van der Waals surface area (Å²) in [5, 5.41) is 11.2. The summed E-state index contributed by atoms with van der Waals surface area (Å²) in [6.45, 7) is 0. The molecule has 0 amide bonds. The maximum absolute atomic E-state index is 3.76. The lowest BCUT2D eigenvalue weighted by Gasteiger charge is -2.13. The molecule has 1 aliphatic rings. The van der Waals surface area contributed by atoms with Gasteiger partial charge >= 0.3 is 0 Å². The van der Waals surface area contributed by atoms with Gasteiger partial charge in [-0.15, -0.1) is 0 Å². The van der Waals surface area contributed by atoms with E-state index in [1.54, 1.807) is 0 Å². The summed E-state index contributed by atoms with van der Waals surface area (Å²) in [5.74, 6) is 0. The highest BCUT2D eigenvalue weighted by atomic mass is 15.0. The maximum Gasteiger partial charge on any atom is 0.0541 e. The molecule has 4 nitrogen and oxygen atoms in total. The van der Waals surface area contributed by atoms with Crippen molar-refractivity contribution in [3.63, 3.8) is 0 Å². The van der Waals surface area contributed by atoms with Crippen LogP contribution in [-0.4, -0.2) is 19.1 Å². The quantitative estimate of drug-likeness (QED) is 0.152. The molecular weight excluding hydrogens is 1040 g/mol. The number of allylic oxidation sites excluding steroid dienone is 1. The van der Waals surface area contributed by atoms with Crippen molar-refractivity contribution in [1.29, 1.82) is 0 Å². The smallest absolute Gasteiger partial charge is 0.0541 e. The molecule has 402 valence electrons. The Labute approximate surface area is 496 Å². The SMILES string of the molecule is C1=Cc2c(c3cc(-c4ccc5[nH]c6ccc(-c7cc(-c8ccc(-n9c%10ccccc%10c%10cc(-c%11ccc%12[nH]c%13ccc(-c%14ccc(-c%15ccccc%15)cc%14)cc%13c%12c%11)ccc%109)cc8)cc8ccccc78)cc6c5c4)ccc3n2-c2ccccc2)CC1. The van der Waals surface area contributed by atoms with E-state index in [1.807, 2.05) is 0 Å². The zero-order valence-electron chi connectivity index (χ0n) is 47.0. The minimum Gasteiger partial charge on any atom is -0.355 e. The maximum atomic E-state index is 3.76. The van der Waals surface area contributed by atoms with Crippen molar-refractivity contribution in [2.45, 2.75) is 12.8 Å². The van der Waals surface area contributed by atoms with Gasteiger partial charge in [0, 0.05) is 76.8 Å². The fourth-order valence-corrected chi connectivity index (χ4v) is 14.2. The number of benzene rings is 13. The standard InChI is InChI=1S/C82H54N4/c1-3-13-51(14-4-1)52-23-25-53(26-24-52)55-29-37-75-69(44-55)70-45-56(30-38-76(70)83-75)59-34-42-82-74(48-59)67-20-10-12-22-80(67)86(82)64-35-27-54(28-36-64)62-43-60-15-7-8-18-65(60)68(50-62)61-32-40-78-72(49-61)71-46-57(31-39-77(71)84-78)58-33-41-81-73(47-58)66-19-9-11-21-79(66)85(81)63-16-5-2-6-17-63/h1-8,10-18,20-50,83-84H,9,19H2. The molecule has 0 unspecified atom stereocenters. The molecule has 86 heavy (non-hydrogen) atoms. The number of fused-ring (bicyclic) bond motifs is 13. The number of aromatic nitrogens is 4. The number of hydrogen-bond donors (Lipinski definition) is 2. The predicted octanol–water partition coefficient (Wildman–Crippen LogP) is 22.1. The summed E-state index contributed by atoms with van der Waals surface area (Å²) >= 11 is 0. The van der Waals surface area contributed by atoms with E-state index in [0.717, 1.165) is 40.6 Å². The highest BCUT2D eigenvalue weighted by Crippen LogP contribution is 2.43. The fourth-order valence-electron chi connectivity index (χ4n) is 14.2. The second-order valence-electron chi connectivity index (χ2n) is 23.3. The van der Waals surface area contributed by atoms with Crippen molar-refractivity contribution in [2.24, 2.45) is 0 Å². The van der Waals surface area contributed by atoms with Crippen LogP contribution in [0.5, 0.6) is 0 Å². The lowest BCUT2D eigenvalue weighted by molar-refractivity contribution is 0.967. The first-order valence-corrected chi connectivity index (χ1v) is 29.9. The molecule has 0 bridgehead atoms. The molecule has 4 aromatic heterocycles. The second-order valence-corrected chi connectivity index (χ2v) is 23.3. The van der Waals surface area contributed by atoms with Crippen LogP contribution in [0.25, 0.3) is 171 Å². The van der Waals surface area contributed by atoms with Crippen LogP contribution in [0, 0.1) is 0 Å². The molecule has 0 saturated carbocycles. The van der Waals surface area contributed by atoms with E-state index in [9.17, 15) is 0 Å². The summed E-state index contributed by atoms with van der Waals surface area (Å²) in [6.07, 6.45) is 6.73. The molecule has 0 spiro atoms. The van der Waals surface area contributed by atoms with Crippen molar-refractivity contribution >= 4 is 93.2 Å². The van der Waals surface area contributed by atoms with Crippen molar-refractivity contribution in [3.05, 3.63) is 296 Å². The third kappa shape index (κ3) is 7.77. The monoisotopic (exact) mass is 1090 g/mol. The molecule has 0 fully saturated rings. The van der Waals surface area contributed by atoms with E-state index in [1.165, 1.54) is 149 Å². The van der Waals surface area contributed by atoms with Gasteiger partial charge in [0.15, 0.2) is 0 Å². The Bertz CT molecular complexity index is 5610. The first-order valence-electron chi connectivity index (χ1n) is 29.9. The number of nitrogens with zero attached hydrogens (tertiary/aromatic N) is 2. The van der Waals surface area contributed by atoms with Gasteiger partial charge < -0.3 is 19.1 Å². The second kappa shape index (κ2) is 19.2. The Kier molecular flexibility index (Phi) is 10.8. The molecule has 4 heterocycles. The van der Waals surface area contributed by atoms with Gasteiger partial charge in [-0.2, -0.15) is 0 Å². The van der Waals surface area contributed by atoms with Gasteiger partial charge in [0.25, 0.3) is 0 Å². The van der Waals surface area contributed by atoms with E-state index in [4.69, 9.17) is 0 Å². The number of nitrogens with one attached hydrogen (secondary N) is 2. The molecule has 0 radical (unpaired) electrons. The molecule has 18 rings (SSSR count). The van der Waals surface area contributed by atoms with Gasteiger partial charge in [-0.1, -0.05) is 170 Å². The zero-order chi connectivity index (χ0) is 56.4. The summed E-state index contributed by atoms with van der Waals surface area (Å²) < 4.78 is 4.85. The summed E-state index contributed by atoms with van der Waals surface area (Å²) in [4.78, 5) is 7.45. The molecule has 0 atom stereocenters. The Balaban J connectivity index is 0.674. The summed E-state index contributed by atoms with van der Waals surface area (Å²) in [7, 11) is 0. The highest BCUT2D eigenvalue weighted by molar-refractivity contribution is 6.14. The van der Waals surface area contributed by atoms with Crippen LogP contribution in [-0.2, 0) is 6.42 Å². The topological polar surface area (TPSA) is 41.4 Å². The Morgan fingerprint density at radius 2 is 0.698 bits per heavy atom. The van der Waals surface area contributed by atoms with Gasteiger partial charge in [-0.05, 0) is 217 Å². The molecule has 13 aromatic carbocycles. The Hall–Kier alpha value is -11.2. The number of aromatic amines is 2. The van der Waals surface area contributed by atoms with Gasteiger partial charge in [0.1, 0.15) is 0 Å². The molecule has 0 aliphatic heterocycles. The van der Waals surface area contributed by atoms with Crippen LogP contribution in [0.3, 0.4) is 0 Å². The lowest BCUT2D eigenvalue weighted by atomic mass is 9.92. The third-order valence-electron chi connectivity index (χ3n) is 18.5. The van der Waals surface area contributed by atoms with Gasteiger partial charge in [0.05, 0.1) is 16.6 Å². The first kappa shape index (κ1) is 48.3. The van der Waals surface area contributed by atoms with Crippen molar-refractivity contribution < 1.29 is 0 Å². The molecular formula is C82H54N4. The number of hydrogen-bond acceptors (Lipinski definition) is 0. The average Bonchev–Trinajstić information content (AvgIpc) is 2.14. The minimum absolute atomic E-state index is 1.04. The third-order valence-corrected chi connectivity index (χ3v) is 18.5. The summed E-state index contributed by atoms with van der Waals surface area (Å²) in [6, 6.07) is 103. The van der Waals surface area contributed by atoms with Crippen molar-refractivity contribution in [3.8, 4) is 78.1 Å². The predicted molar refractivity (Wildman–Crippen MR) is 364 cm³/mol. The van der Waals surface area contributed by atoms with E-state index in [2.05, 4.69) is 310 Å². The van der Waals surface area contributed by atoms with Crippen LogP contribution < -0.4 is 0 Å². The van der Waals surface area contributed by atoms with Gasteiger partial charge in [0.2, 0.25) is 0 Å². The Morgan fingerprint density at radius 3 is 1.35 bits per heavy atom. The van der Waals surface area contributed by atoms with Crippen LogP contribution in [0.2, 0.25) is 0 Å². The lowest BCUT2D eigenvalue weighted by Crippen LogP contribution is -1.99. The average molecular weight is 1100 g/mol. The van der Waals surface area contributed by atoms with E-state index < -0.39 is 0 Å². The number of aryl methyl sites for hydroxylation is 1. The fraction of sp³-hybridized carbons (Fsp3) is 0.0244. The zero-order valence-corrected chi connectivity index (χ0v) is 47.0. The highest BCUT2D eigenvalue weighted by Gasteiger charge is 2.21. The largest absolute Gasteiger partial charge is 0.355 e. The minimum atomic E-state index is 1.04. The Morgan fingerprint density at radius 1 is 0.267 bits per heavy atom. The van der Waals surface area contributed by atoms with E-state index >= 15 is 0 Å². The number of rotatable bonds is 8. The molecule has 1 aliphatic carbocycles. The van der Waals surface area contributed by atoms with E-state index in [0.29, 0.717) is 0 Å². The van der Waals surface area contributed by atoms with E-state index in [-0.39, 0.29) is 0 Å². The van der Waals surface area contributed by atoms with Crippen LogP contribution >= 0.6 is 0 Å². The first-order chi connectivity index (χ1) is 42.6. The molecule has 4 heteroatoms. The van der Waals surface area contributed by atoms with Crippen LogP contribution in [0.1, 0.15) is 17.7 Å². The van der Waals surface area contributed by atoms with Crippen molar-refractivity contribution in [2.75, 3.05) is 0 Å². The summed E-state index contributed by atoms with van der Waals surface area (Å²) in [5.41, 5.74) is 27.7. The van der Waals surface area contributed by atoms with Crippen LogP contribution in [0.15, 0.2) is 285 Å². The normalized spacial score (nSPS) is 12.5. The van der Waals surface area contributed by atoms with Gasteiger partial charge in [-0.3, -0.25) is 0 Å². The van der Waals surface area contributed by atoms with Crippen LogP contribution in [0.4, 0.5) is 0 Å². The number of H-pyrrole nitrogens is 2. The number of para-hydroxylation sites is 2. The molecule has 2 N–H and O–H groups in total. The van der Waals surface area contributed by atoms with Crippen molar-refractivity contribution in [1.82, 2.24) is 19.1 Å². The molecule has 17 aromatic rings. The van der Waals surface area contributed by atoms with Gasteiger partial charge in [-0.25, -0.2) is 0 Å². The molecule has 0 saturated heterocycles.